The van der Waals surface area contributed by atoms with Gasteiger partial charge in [0.15, 0.2) is 5.82 Å². The van der Waals surface area contributed by atoms with E-state index in [-0.39, 0.29) is 5.91 Å². The summed E-state index contributed by atoms with van der Waals surface area (Å²) in [6, 6.07) is 3.79. The van der Waals surface area contributed by atoms with Crippen molar-refractivity contribution in [3.05, 3.63) is 29.0 Å². The number of nitrogens with one attached hydrogen (secondary N) is 1. The molecule has 2 aromatic heterocycles. The molecule has 0 aliphatic carbocycles. The van der Waals surface area contributed by atoms with Crippen LogP contribution in [0.25, 0.3) is 5.65 Å². The van der Waals surface area contributed by atoms with E-state index in [2.05, 4.69) is 26.2 Å². The summed E-state index contributed by atoms with van der Waals surface area (Å²) in [5.41, 5.74) is 0.795. The summed E-state index contributed by atoms with van der Waals surface area (Å²) in [6.07, 6.45) is 3.64. The third-order valence-corrected chi connectivity index (χ3v) is 2.22. The van der Waals surface area contributed by atoms with Gasteiger partial charge in [-0.25, -0.2) is 4.98 Å². The maximum atomic E-state index is 10.8. The molecule has 0 unspecified atom stereocenters. The summed E-state index contributed by atoms with van der Waals surface area (Å²) >= 11 is 3.35. The summed E-state index contributed by atoms with van der Waals surface area (Å²) in [6.45, 7) is 1.46. The Morgan fingerprint density at radius 1 is 1.64 bits per heavy atom. The van der Waals surface area contributed by atoms with Gasteiger partial charge in [-0.1, -0.05) is 15.9 Å². The minimum absolute atomic E-state index is 0.118. The van der Waals surface area contributed by atoms with E-state index < -0.39 is 0 Å². The van der Waals surface area contributed by atoms with Crippen LogP contribution in [0.5, 0.6) is 0 Å². The maximum Gasteiger partial charge on any atom is 0.222 e. The van der Waals surface area contributed by atoms with Crippen LogP contribution in [-0.4, -0.2) is 15.3 Å². The molecular formula is C9H8BrN3O. The molecule has 72 valence electrons. The molecule has 0 radical (unpaired) electrons. The van der Waals surface area contributed by atoms with Crippen LogP contribution in [0.15, 0.2) is 29.0 Å². The fourth-order valence-electron chi connectivity index (χ4n) is 1.20. The molecule has 0 aliphatic heterocycles. The molecule has 5 heteroatoms. The quantitative estimate of drug-likeness (QED) is 0.846. The van der Waals surface area contributed by atoms with Crippen LogP contribution in [0, 0.1) is 0 Å². The van der Waals surface area contributed by atoms with Crippen LogP contribution < -0.4 is 5.32 Å². The Kier molecular flexibility index (Phi) is 2.25. The molecule has 0 spiro atoms. The molecule has 0 aliphatic rings. The molecule has 4 nitrogen and oxygen atoms in total. The Hall–Kier alpha value is -1.36. The van der Waals surface area contributed by atoms with Gasteiger partial charge >= 0.3 is 0 Å². The Labute approximate surface area is 89.1 Å². The summed E-state index contributed by atoms with van der Waals surface area (Å²) in [7, 11) is 0. The topological polar surface area (TPSA) is 46.4 Å². The van der Waals surface area contributed by atoms with Crippen LogP contribution in [0.4, 0.5) is 5.82 Å². The Balaban J connectivity index is 2.46. The van der Waals surface area contributed by atoms with Gasteiger partial charge in [0.05, 0.1) is 6.20 Å². The summed E-state index contributed by atoms with van der Waals surface area (Å²) in [5.74, 6) is 0.447. The van der Waals surface area contributed by atoms with Crippen molar-refractivity contribution in [3.63, 3.8) is 0 Å². The first-order valence-electron chi connectivity index (χ1n) is 4.07. The number of aromatic nitrogens is 2. The van der Waals surface area contributed by atoms with Gasteiger partial charge in [-0.15, -0.1) is 0 Å². The zero-order valence-corrected chi connectivity index (χ0v) is 9.08. The third-order valence-electron chi connectivity index (χ3n) is 1.73. The van der Waals surface area contributed by atoms with Gasteiger partial charge < -0.3 is 9.72 Å². The number of pyridine rings is 1. The molecule has 0 fully saturated rings. The van der Waals surface area contributed by atoms with E-state index in [4.69, 9.17) is 0 Å². The largest absolute Gasteiger partial charge is 0.310 e. The Bertz CT molecular complexity index is 492. The number of carbonyl (C=O) groups is 1. The number of hydrogen-bond donors (Lipinski definition) is 1. The molecule has 0 saturated carbocycles. The van der Waals surface area contributed by atoms with E-state index in [0.29, 0.717) is 5.82 Å². The Morgan fingerprint density at radius 3 is 3.14 bits per heavy atom. The lowest BCUT2D eigenvalue weighted by Gasteiger charge is -1.91. The number of hydrogen-bond acceptors (Lipinski definition) is 2. The van der Waals surface area contributed by atoms with Crippen molar-refractivity contribution in [3.8, 4) is 0 Å². The van der Waals surface area contributed by atoms with Gasteiger partial charge in [0.1, 0.15) is 5.65 Å². The van der Waals surface area contributed by atoms with Crippen molar-refractivity contribution >= 4 is 33.3 Å². The highest BCUT2D eigenvalue weighted by atomic mass is 79.9. The lowest BCUT2D eigenvalue weighted by Crippen LogP contribution is -2.05. The van der Waals surface area contributed by atoms with E-state index in [1.807, 2.05) is 22.7 Å². The van der Waals surface area contributed by atoms with Gasteiger partial charge in [-0.3, -0.25) is 4.79 Å². The number of amides is 1. The fourth-order valence-corrected chi connectivity index (χ4v) is 1.52. The highest BCUT2D eigenvalue weighted by Gasteiger charge is 2.02. The van der Waals surface area contributed by atoms with E-state index in [9.17, 15) is 4.79 Å². The van der Waals surface area contributed by atoms with Crippen molar-refractivity contribution in [1.29, 1.82) is 0 Å². The molecule has 0 saturated heterocycles. The number of rotatable bonds is 1. The second kappa shape index (κ2) is 3.42. The zero-order chi connectivity index (χ0) is 10.1. The van der Waals surface area contributed by atoms with E-state index in [0.717, 1.165) is 10.1 Å². The summed E-state index contributed by atoms with van der Waals surface area (Å²) in [5, 5.41) is 2.63. The predicted molar refractivity (Wildman–Crippen MR) is 57.2 cm³/mol. The lowest BCUT2D eigenvalue weighted by molar-refractivity contribution is -0.114. The third kappa shape index (κ3) is 1.77. The molecule has 1 N–H and O–H groups in total. The lowest BCUT2D eigenvalue weighted by atomic mass is 10.5. The van der Waals surface area contributed by atoms with Gasteiger partial charge in [-0.2, -0.15) is 0 Å². The van der Waals surface area contributed by atoms with Crippen LogP contribution in [-0.2, 0) is 4.79 Å². The van der Waals surface area contributed by atoms with E-state index in [1.54, 1.807) is 6.20 Å². The molecule has 2 rings (SSSR count). The van der Waals surface area contributed by atoms with Crippen molar-refractivity contribution in [2.45, 2.75) is 6.92 Å². The van der Waals surface area contributed by atoms with Crippen LogP contribution >= 0.6 is 15.9 Å². The fraction of sp³-hybridized carbons (Fsp3) is 0.111. The first-order chi connectivity index (χ1) is 6.65. The number of carbonyl (C=O) groups excluding carboxylic acids is 1. The number of imidazole rings is 1. The normalized spacial score (nSPS) is 10.4. The minimum atomic E-state index is -0.118. The van der Waals surface area contributed by atoms with Gasteiger partial charge in [-0.05, 0) is 12.1 Å². The van der Waals surface area contributed by atoms with Crippen molar-refractivity contribution in [2.24, 2.45) is 0 Å². The van der Waals surface area contributed by atoms with Crippen molar-refractivity contribution in [1.82, 2.24) is 9.38 Å². The minimum Gasteiger partial charge on any atom is -0.310 e. The monoisotopic (exact) mass is 253 g/mol. The second-order valence-corrected chi connectivity index (χ2v) is 3.83. The van der Waals surface area contributed by atoms with E-state index >= 15 is 0 Å². The van der Waals surface area contributed by atoms with Gasteiger partial charge in [0, 0.05) is 17.6 Å². The number of halogens is 1. The molecule has 1 amide bonds. The van der Waals surface area contributed by atoms with Crippen LogP contribution in [0.3, 0.4) is 0 Å². The summed E-state index contributed by atoms with van der Waals surface area (Å²) in [4.78, 5) is 15.0. The van der Waals surface area contributed by atoms with Crippen LogP contribution in [0.2, 0.25) is 0 Å². The number of nitrogens with zero attached hydrogens (tertiary/aromatic N) is 2. The molecule has 2 heterocycles. The molecular weight excluding hydrogens is 246 g/mol. The van der Waals surface area contributed by atoms with Crippen LogP contribution in [0.1, 0.15) is 6.92 Å². The number of fused-ring (bicyclic) bond motifs is 1. The predicted octanol–water partition coefficient (Wildman–Crippen LogP) is 2.06. The zero-order valence-electron chi connectivity index (χ0n) is 7.49. The molecule has 0 aromatic carbocycles. The molecule has 2 aromatic rings. The van der Waals surface area contributed by atoms with Gasteiger partial charge in [0.25, 0.3) is 0 Å². The maximum absolute atomic E-state index is 10.8. The standard InChI is InChI=1S/C9H8BrN3O/c1-6(14)11-8-5-13-3-2-7(10)4-9(13)12-8/h2-5H,1H3,(H,11,14). The van der Waals surface area contributed by atoms with Crippen molar-refractivity contribution in [2.75, 3.05) is 5.32 Å². The highest BCUT2D eigenvalue weighted by Crippen LogP contribution is 2.15. The second-order valence-electron chi connectivity index (χ2n) is 2.92. The average Bonchev–Trinajstić information content (AvgIpc) is 2.44. The first-order valence-corrected chi connectivity index (χ1v) is 4.86. The van der Waals surface area contributed by atoms with Gasteiger partial charge in [0.2, 0.25) is 5.91 Å². The smallest absolute Gasteiger partial charge is 0.222 e. The summed E-state index contributed by atoms with van der Waals surface area (Å²) < 4.78 is 2.81. The molecule has 14 heavy (non-hydrogen) atoms. The molecule has 0 atom stereocenters. The van der Waals surface area contributed by atoms with E-state index in [1.165, 1.54) is 6.92 Å². The van der Waals surface area contributed by atoms with Crippen molar-refractivity contribution < 1.29 is 4.79 Å². The highest BCUT2D eigenvalue weighted by molar-refractivity contribution is 9.10. The first kappa shape index (κ1) is 9.21. The average molecular weight is 254 g/mol. The Morgan fingerprint density at radius 2 is 2.43 bits per heavy atom. The SMILES string of the molecule is CC(=O)Nc1cn2ccc(Br)cc2n1. The molecule has 0 bridgehead atoms. The number of anilines is 1.